The van der Waals surface area contributed by atoms with E-state index < -0.39 is 6.04 Å². The van der Waals surface area contributed by atoms with Gasteiger partial charge in [0.1, 0.15) is 16.7 Å². The third-order valence-corrected chi connectivity index (χ3v) is 5.42. The van der Waals surface area contributed by atoms with E-state index in [9.17, 15) is 9.59 Å². The van der Waals surface area contributed by atoms with Gasteiger partial charge in [-0.3, -0.25) is 9.59 Å². The van der Waals surface area contributed by atoms with E-state index in [0.717, 1.165) is 28.0 Å². The second kappa shape index (κ2) is 6.33. The molecule has 2 aromatic heterocycles. The molecule has 0 saturated carbocycles. The minimum atomic E-state index is -0.393. The Labute approximate surface area is 148 Å². The summed E-state index contributed by atoms with van der Waals surface area (Å²) >= 11 is 1.43. The number of carbonyl (C=O) groups is 2. The first-order chi connectivity index (χ1) is 12.2. The number of hydrogen-bond donors (Lipinski definition) is 2. The Kier molecular flexibility index (Phi) is 4.01. The summed E-state index contributed by atoms with van der Waals surface area (Å²) in [5.41, 5.74) is 2.34. The molecule has 1 aliphatic rings. The molecule has 1 unspecified atom stereocenters. The highest BCUT2D eigenvalue weighted by Crippen LogP contribution is 2.28. The van der Waals surface area contributed by atoms with E-state index in [4.69, 9.17) is 0 Å². The van der Waals surface area contributed by atoms with Crippen LogP contribution in [0.15, 0.2) is 35.7 Å². The molecule has 3 heterocycles. The van der Waals surface area contributed by atoms with Crippen molar-refractivity contribution in [1.82, 2.24) is 20.2 Å². The van der Waals surface area contributed by atoms with E-state index in [-0.39, 0.29) is 11.8 Å². The van der Waals surface area contributed by atoms with Gasteiger partial charge < -0.3 is 15.2 Å². The molecule has 128 valence electrons. The number of aromatic nitrogens is 2. The van der Waals surface area contributed by atoms with Gasteiger partial charge in [0.2, 0.25) is 5.91 Å². The molecule has 1 aromatic carbocycles. The van der Waals surface area contributed by atoms with E-state index in [1.54, 1.807) is 17.3 Å². The number of nitrogens with one attached hydrogen (secondary N) is 2. The minimum absolute atomic E-state index is 0.114. The van der Waals surface area contributed by atoms with Gasteiger partial charge >= 0.3 is 0 Å². The van der Waals surface area contributed by atoms with Gasteiger partial charge in [0, 0.05) is 29.9 Å². The van der Waals surface area contributed by atoms with Gasteiger partial charge in [0.15, 0.2) is 0 Å². The van der Waals surface area contributed by atoms with Gasteiger partial charge in [0.05, 0.1) is 5.69 Å². The number of likely N-dealkylation sites (N-methyl/N-ethyl adjacent to an activating group) is 1. The highest BCUT2D eigenvalue weighted by Gasteiger charge is 2.34. The molecule has 25 heavy (non-hydrogen) atoms. The Hall–Kier alpha value is -2.67. The van der Waals surface area contributed by atoms with Crippen LogP contribution in [0.4, 0.5) is 0 Å². The van der Waals surface area contributed by atoms with E-state index in [0.29, 0.717) is 18.7 Å². The van der Waals surface area contributed by atoms with E-state index in [1.165, 1.54) is 11.3 Å². The van der Waals surface area contributed by atoms with Crippen LogP contribution in [0, 0.1) is 0 Å². The lowest BCUT2D eigenvalue weighted by molar-refractivity contribution is -0.124. The molecule has 1 aliphatic heterocycles. The molecule has 4 rings (SSSR count). The molecule has 1 saturated heterocycles. The summed E-state index contributed by atoms with van der Waals surface area (Å²) in [6, 6.07) is 9.65. The van der Waals surface area contributed by atoms with E-state index >= 15 is 0 Å². The predicted octanol–water partition coefficient (Wildman–Crippen LogP) is 2.64. The number of nitrogens with zero attached hydrogens (tertiary/aromatic N) is 2. The third-order valence-electron chi connectivity index (χ3n) is 4.55. The first-order valence-corrected chi connectivity index (χ1v) is 9.11. The lowest BCUT2D eigenvalue weighted by Crippen LogP contribution is -2.45. The van der Waals surface area contributed by atoms with Crippen LogP contribution < -0.4 is 5.32 Å². The Bertz CT molecular complexity index is 912. The van der Waals surface area contributed by atoms with Crippen LogP contribution in [0.2, 0.25) is 0 Å². The lowest BCUT2D eigenvalue weighted by Gasteiger charge is -2.22. The van der Waals surface area contributed by atoms with Gasteiger partial charge in [-0.15, -0.1) is 11.3 Å². The number of hydrogen-bond acceptors (Lipinski definition) is 4. The molecule has 1 atom stereocenters. The highest BCUT2D eigenvalue weighted by atomic mass is 32.1. The van der Waals surface area contributed by atoms with Gasteiger partial charge in [0.25, 0.3) is 5.91 Å². The van der Waals surface area contributed by atoms with Crippen molar-refractivity contribution in [2.75, 3.05) is 13.6 Å². The summed E-state index contributed by atoms with van der Waals surface area (Å²) in [6.45, 7) is 0.593. The number of fused-ring (bicyclic) bond motifs is 1. The molecule has 0 radical (unpaired) electrons. The third kappa shape index (κ3) is 2.80. The maximum absolute atomic E-state index is 12.8. The second-order valence-corrected chi connectivity index (χ2v) is 6.94. The van der Waals surface area contributed by atoms with Crippen molar-refractivity contribution < 1.29 is 9.59 Å². The molecular weight excluding hydrogens is 336 g/mol. The van der Waals surface area contributed by atoms with Gasteiger partial charge in [-0.05, 0) is 25.0 Å². The SMILES string of the molecule is CNC(=O)C1CCCN1C(=O)c1csc(-c2cc3ccccc3[nH]2)n1. The fraction of sp³-hybridized carbons (Fsp3) is 0.278. The molecule has 7 heteroatoms. The number of benzene rings is 1. The first kappa shape index (κ1) is 15.8. The van der Waals surface area contributed by atoms with Crippen molar-refractivity contribution in [3.63, 3.8) is 0 Å². The molecular formula is C18H18N4O2S. The normalized spacial score (nSPS) is 17.2. The van der Waals surface area contributed by atoms with Crippen molar-refractivity contribution in [2.45, 2.75) is 18.9 Å². The first-order valence-electron chi connectivity index (χ1n) is 8.23. The number of aromatic amines is 1. The number of likely N-dealkylation sites (tertiary alicyclic amines) is 1. The van der Waals surface area contributed by atoms with Crippen LogP contribution in [-0.2, 0) is 4.79 Å². The molecule has 2 N–H and O–H groups in total. The summed E-state index contributed by atoms with van der Waals surface area (Å²) in [4.78, 5) is 34.2. The molecule has 6 nitrogen and oxygen atoms in total. The van der Waals surface area contributed by atoms with Crippen molar-refractivity contribution >= 4 is 34.1 Å². The zero-order chi connectivity index (χ0) is 17.4. The molecule has 1 fully saturated rings. The molecule has 0 bridgehead atoms. The van der Waals surface area contributed by atoms with Crippen LogP contribution in [-0.4, -0.2) is 46.3 Å². The van der Waals surface area contributed by atoms with E-state index in [2.05, 4.69) is 15.3 Å². The van der Waals surface area contributed by atoms with Crippen molar-refractivity contribution in [1.29, 1.82) is 0 Å². The summed E-state index contributed by atoms with van der Waals surface area (Å²) in [7, 11) is 1.60. The summed E-state index contributed by atoms with van der Waals surface area (Å²) in [5, 5.41) is 6.28. The standard InChI is InChI=1S/C18H18N4O2S/c1-19-16(23)15-7-4-8-22(15)18(24)14-10-25-17(21-14)13-9-11-5-2-3-6-12(11)20-13/h2-3,5-6,9-10,15,20H,4,7-8H2,1H3,(H,19,23). The minimum Gasteiger partial charge on any atom is -0.357 e. The molecule has 3 aromatic rings. The molecule has 0 aliphatic carbocycles. The fourth-order valence-corrected chi connectivity index (χ4v) is 4.05. The number of thiazole rings is 1. The number of H-pyrrole nitrogens is 1. The smallest absolute Gasteiger partial charge is 0.274 e. The van der Waals surface area contributed by atoms with E-state index in [1.807, 2.05) is 30.3 Å². The van der Waals surface area contributed by atoms with Crippen LogP contribution in [0.3, 0.4) is 0 Å². The fourth-order valence-electron chi connectivity index (χ4n) is 3.28. The van der Waals surface area contributed by atoms with Crippen LogP contribution in [0.1, 0.15) is 23.3 Å². The average Bonchev–Trinajstić information content (AvgIpc) is 3.38. The quantitative estimate of drug-likeness (QED) is 0.759. The maximum atomic E-state index is 12.8. The Morgan fingerprint density at radius 1 is 1.36 bits per heavy atom. The number of para-hydroxylation sites is 1. The van der Waals surface area contributed by atoms with Gasteiger partial charge in [-0.1, -0.05) is 18.2 Å². The van der Waals surface area contributed by atoms with Gasteiger partial charge in [-0.2, -0.15) is 0 Å². The topological polar surface area (TPSA) is 78.1 Å². The molecule has 2 amide bonds. The summed E-state index contributed by atoms with van der Waals surface area (Å²) in [5.74, 6) is -0.290. The Balaban J connectivity index is 1.60. The second-order valence-electron chi connectivity index (χ2n) is 6.08. The van der Waals surface area contributed by atoms with Crippen molar-refractivity contribution in [2.24, 2.45) is 0 Å². The average molecular weight is 354 g/mol. The monoisotopic (exact) mass is 354 g/mol. The summed E-state index contributed by atoms with van der Waals surface area (Å²) < 4.78 is 0. The Morgan fingerprint density at radius 2 is 2.20 bits per heavy atom. The molecule has 0 spiro atoms. The number of carbonyl (C=O) groups excluding carboxylic acids is 2. The lowest BCUT2D eigenvalue weighted by atomic mass is 10.2. The maximum Gasteiger partial charge on any atom is 0.274 e. The number of rotatable bonds is 3. The summed E-state index contributed by atoms with van der Waals surface area (Å²) in [6.07, 6.45) is 1.53. The van der Waals surface area contributed by atoms with Crippen molar-refractivity contribution in [3.8, 4) is 10.7 Å². The zero-order valence-corrected chi connectivity index (χ0v) is 14.6. The Morgan fingerprint density at radius 3 is 3.00 bits per heavy atom. The largest absolute Gasteiger partial charge is 0.357 e. The van der Waals surface area contributed by atoms with Crippen LogP contribution in [0.25, 0.3) is 21.6 Å². The van der Waals surface area contributed by atoms with Crippen LogP contribution >= 0.6 is 11.3 Å². The van der Waals surface area contributed by atoms with Gasteiger partial charge in [-0.25, -0.2) is 4.98 Å². The highest BCUT2D eigenvalue weighted by molar-refractivity contribution is 7.13. The van der Waals surface area contributed by atoms with Crippen molar-refractivity contribution in [3.05, 3.63) is 41.4 Å². The number of amides is 2. The predicted molar refractivity (Wildman–Crippen MR) is 97.5 cm³/mol. The zero-order valence-electron chi connectivity index (χ0n) is 13.8. The van der Waals surface area contributed by atoms with Crippen LogP contribution in [0.5, 0.6) is 0 Å².